The summed E-state index contributed by atoms with van der Waals surface area (Å²) >= 11 is 0. The average Bonchev–Trinajstić information content (AvgIpc) is 2.16. The fourth-order valence-electron chi connectivity index (χ4n) is 1.33. The second-order valence-electron chi connectivity index (χ2n) is 4.14. The summed E-state index contributed by atoms with van der Waals surface area (Å²) in [5, 5.41) is 6.08. The molecule has 1 unspecified atom stereocenters. The molecule has 0 spiro atoms. The Morgan fingerprint density at radius 3 is 2.47 bits per heavy atom. The number of terminal acetylenes is 1. The highest BCUT2D eigenvalue weighted by Crippen LogP contribution is 2.04. The van der Waals surface area contributed by atoms with Gasteiger partial charge in [0.1, 0.15) is 0 Å². The van der Waals surface area contributed by atoms with Crippen LogP contribution in [0.5, 0.6) is 0 Å². The van der Waals surface area contributed by atoms with Crippen LogP contribution >= 0.6 is 0 Å². The first kappa shape index (κ1) is 14.0. The molecule has 0 fully saturated rings. The van der Waals surface area contributed by atoms with Crippen molar-refractivity contribution in [2.24, 2.45) is 0 Å². The lowest BCUT2D eigenvalue weighted by molar-refractivity contribution is -0.127. The van der Waals surface area contributed by atoms with Gasteiger partial charge in [-0.15, -0.1) is 12.3 Å². The van der Waals surface area contributed by atoms with Gasteiger partial charge in [0.25, 0.3) is 0 Å². The van der Waals surface area contributed by atoms with E-state index in [1.807, 2.05) is 27.7 Å². The Kier molecular flexibility index (Phi) is 6.03. The molecule has 0 bridgehead atoms. The van der Waals surface area contributed by atoms with Gasteiger partial charge >= 0.3 is 0 Å². The van der Waals surface area contributed by atoms with Crippen LogP contribution < -0.4 is 10.6 Å². The molecule has 0 radical (unpaired) electrons. The molecule has 0 saturated carbocycles. The van der Waals surface area contributed by atoms with Gasteiger partial charge in [0.15, 0.2) is 0 Å². The third-order valence-electron chi connectivity index (χ3n) is 2.38. The first-order valence-electron chi connectivity index (χ1n) is 5.47. The van der Waals surface area contributed by atoms with Crippen molar-refractivity contribution >= 4 is 5.91 Å². The number of carbonyl (C=O) groups excluding carboxylic acids is 1. The number of hydrogen-bond donors (Lipinski definition) is 2. The van der Waals surface area contributed by atoms with E-state index < -0.39 is 5.54 Å². The highest BCUT2D eigenvalue weighted by Gasteiger charge is 2.27. The first-order valence-corrected chi connectivity index (χ1v) is 5.47. The van der Waals surface area contributed by atoms with Gasteiger partial charge in [-0.1, -0.05) is 13.8 Å². The van der Waals surface area contributed by atoms with Crippen LogP contribution in [-0.2, 0) is 4.79 Å². The third-order valence-corrected chi connectivity index (χ3v) is 2.38. The molecule has 0 aliphatic heterocycles. The largest absolute Gasteiger partial charge is 0.351 e. The first-order chi connectivity index (χ1) is 6.97. The van der Waals surface area contributed by atoms with Crippen LogP contribution in [0.15, 0.2) is 0 Å². The van der Waals surface area contributed by atoms with E-state index in [0.717, 1.165) is 13.0 Å². The molecule has 0 aromatic heterocycles. The van der Waals surface area contributed by atoms with Gasteiger partial charge in [0.05, 0.1) is 5.54 Å². The maximum Gasteiger partial charge on any atom is 0.239 e. The van der Waals surface area contributed by atoms with Crippen LogP contribution in [0.25, 0.3) is 0 Å². The fourth-order valence-corrected chi connectivity index (χ4v) is 1.33. The van der Waals surface area contributed by atoms with Crippen LogP contribution in [-0.4, -0.2) is 24.0 Å². The Labute approximate surface area is 93.0 Å². The minimum atomic E-state index is -0.531. The smallest absolute Gasteiger partial charge is 0.239 e. The van der Waals surface area contributed by atoms with Gasteiger partial charge in [-0.2, -0.15) is 0 Å². The fraction of sp³-hybridized carbons (Fsp3) is 0.750. The Morgan fingerprint density at radius 2 is 2.07 bits per heavy atom. The van der Waals surface area contributed by atoms with Gasteiger partial charge in [-0.05, 0) is 26.8 Å². The topological polar surface area (TPSA) is 41.1 Å². The molecule has 1 amide bonds. The molecule has 3 heteroatoms. The van der Waals surface area contributed by atoms with Crippen LogP contribution in [0.3, 0.4) is 0 Å². The van der Waals surface area contributed by atoms with Gasteiger partial charge < -0.3 is 10.6 Å². The zero-order valence-corrected chi connectivity index (χ0v) is 10.2. The van der Waals surface area contributed by atoms with E-state index in [0.29, 0.717) is 6.42 Å². The SMILES string of the molecule is C#CCC(CC)NC(=O)C(C)(C)NCC. The number of nitrogens with one attached hydrogen (secondary N) is 2. The lowest BCUT2D eigenvalue weighted by atomic mass is 10.0. The minimum Gasteiger partial charge on any atom is -0.351 e. The standard InChI is InChI=1S/C12H22N2O/c1-6-9-10(7-2)14-11(15)12(4,5)13-8-3/h1,10,13H,7-9H2,2-5H3,(H,14,15). The second kappa shape index (κ2) is 6.47. The van der Waals surface area contributed by atoms with Crippen LogP contribution in [0.1, 0.15) is 40.5 Å². The predicted molar refractivity (Wildman–Crippen MR) is 63.4 cm³/mol. The maximum absolute atomic E-state index is 11.9. The van der Waals surface area contributed by atoms with E-state index in [4.69, 9.17) is 6.42 Å². The van der Waals surface area contributed by atoms with E-state index in [1.54, 1.807) is 0 Å². The highest BCUT2D eigenvalue weighted by molar-refractivity contribution is 5.85. The van der Waals surface area contributed by atoms with Crippen LogP contribution in [0.4, 0.5) is 0 Å². The molecule has 0 aliphatic carbocycles. The summed E-state index contributed by atoms with van der Waals surface area (Å²) in [6, 6.07) is 0.0837. The Balaban J connectivity index is 4.27. The molecule has 2 N–H and O–H groups in total. The zero-order chi connectivity index (χ0) is 11.9. The zero-order valence-electron chi connectivity index (χ0n) is 10.2. The molecular weight excluding hydrogens is 188 g/mol. The molecule has 86 valence electrons. The summed E-state index contributed by atoms with van der Waals surface area (Å²) in [6.07, 6.45) is 6.68. The van der Waals surface area contributed by atoms with Crippen molar-refractivity contribution in [3.05, 3.63) is 0 Å². The van der Waals surface area contributed by atoms with Gasteiger partial charge in [-0.3, -0.25) is 4.79 Å². The molecule has 0 heterocycles. The van der Waals surface area contributed by atoms with E-state index in [9.17, 15) is 4.79 Å². The normalized spacial score (nSPS) is 13.0. The average molecular weight is 210 g/mol. The van der Waals surface area contributed by atoms with E-state index in [2.05, 4.69) is 16.6 Å². The number of rotatable bonds is 6. The molecule has 0 aromatic rings. The Morgan fingerprint density at radius 1 is 1.47 bits per heavy atom. The molecule has 0 rings (SSSR count). The molecule has 0 aliphatic rings. The van der Waals surface area contributed by atoms with Gasteiger partial charge in [0.2, 0.25) is 5.91 Å². The number of amides is 1. The van der Waals surface area contributed by atoms with E-state index in [1.165, 1.54) is 0 Å². The minimum absolute atomic E-state index is 0.00597. The second-order valence-corrected chi connectivity index (χ2v) is 4.14. The summed E-state index contributed by atoms with van der Waals surface area (Å²) in [4.78, 5) is 11.9. The monoisotopic (exact) mass is 210 g/mol. The van der Waals surface area contributed by atoms with Crippen molar-refractivity contribution in [1.29, 1.82) is 0 Å². The molecule has 3 nitrogen and oxygen atoms in total. The van der Waals surface area contributed by atoms with Crippen LogP contribution in [0.2, 0.25) is 0 Å². The summed E-state index contributed by atoms with van der Waals surface area (Å²) in [5.74, 6) is 2.58. The Hall–Kier alpha value is -1.01. The summed E-state index contributed by atoms with van der Waals surface area (Å²) in [5.41, 5.74) is -0.531. The number of likely N-dealkylation sites (N-methyl/N-ethyl adjacent to an activating group) is 1. The molecule has 0 saturated heterocycles. The third kappa shape index (κ3) is 4.85. The van der Waals surface area contributed by atoms with Gasteiger partial charge in [-0.25, -0.2) is 0 Å². The number of carbonyl (C=O) groups is 1. The lowest BCUT2D eigenvalue weighted by Crippen LogP contribution is -2.54. The van der Waals surface area contributed by atoms with E-state index >= 15 is 0 Å². The lowest BCUT2D eigenvalue weighted by Gasteiger charge is -2.27. The van der Waals surface area contributed by atoms with Crippen LogP contribution in [0, 0.1) is 12.3 Å². The van der Waals surface area contributed by atoms with Crippen molar-refractivity contribution < 1.29 is 4.79 Å². The predicted octanol–water partition coefficient (Wildman–Crippen LogP) is 1.29. The van der Waals surface area contributed by atoms with Gasteiger partial charge in [0, 0.05) is 12.5 Å². The summed E-state index contributed by atoms with van der Waals surface area (Å²) in [7, 11) is 0. The van der Waals surface area contributed by atoms with Crippen molar-refractivity contribution in [2.75, 3.05) is 6.54 Å². The quantitative estimate of drug-likeness (QED) is 0.649. The molecule has 1 atom stereocenters. The maximum atomic E-state index is 11.9. The van der Waals surface area contributed by atoms with Crippen molar-refractivity contribution in [1.82, 2.24) is 10.6 Å². The van der Waals surface area contributed by atoms with Crippen molar-refractivity contribution in [3.8, 4) is 12.3 Å². The number of hydrogen-bond acceptors (Lipinski definition) is 2. The summed E-state index contributed by atoms with van der Waals surface area (Å²) < 4.78 is 0. The van der Waals surface area contributed by atoms with Crippen molar-refractivity contribution in [2.45, 2.75) is 52.1 Å². The van der Waals surface area contributed by atoms with E-state index in [-0.39, 0.29) is 11.9 Å². The Bertz CT molecular complexity index is 240. The highest BCUT2D eigenvalue weighted by atomic mass is 16.2. The molecular formula is C12H22N2O. The molecule has 15 heavy (non-hydrogen) atoms. The summed E-state index contributed by atoms with van der Waals surface area (Å²) in [6.45, 7) is 8.51. The molecule has 0 aromatic carbocycles. The van der Waals surface area contributed by atoms with Crippen molar-refractivity contribution in [3.63, 3.8) is 0 Å².